The Morgan fingerprint density at radius 1 is 0.857 bits per heavy atom. The van der Waals surface area contributed by atoms with E-state index in [9.17, 15) is 0 Å². The number of rotatable bonds is 2. The van der Waals surface area contributed by atoms with Crippen molar-refractivity contribution >= 4 is 27.8 Å². The molecule has 0 radical (unpaired) electrons. The SMILES string of the molecule is c1cc2c(c(Nc3ccc4ccccc4c3)c1)NCCC2. The first-order chi connectivity index (χ1) is 10.4. The average molecular weight is 274 g/mol. The lowest BCUT2D eigenvalue weighted by Gasteiger charge is -2.22. The zero-order chi connectivity index (χ0) is 14.1. The Labute approximate surface area is 124 Å². The highest BCUT2D eigenvalue weighted by Crippen LogP contribution is 2.32. The van der Waals surface area contributed by atoms with Gasteiger partial charge in [-0.15, -0.1) is 0 Å². The van der Waals surface area contributed by atoms with Gasteiger partial charge < -0.3 is 10.6 Å². The molecule has 21 heavy (non-hydrogen) atoms. The molecule has 0 saturated carbocycles. The Morgan fingerprint density at radius 2 is 1.76 bits per heavy atom. The van der Waals surface area contributed by atoms with E-state index in [-0.39, 0.29) is 0 Å². The molecular formula is C19H18N2. The van der Waals surface area contributed by atoms with Crippen LogP contribution in [0.2, 0.25) is 0 Å². The van der Waals surface area contributed by atoms with E-state index in [2.05, 4.69) is 71.3 Å². The van der Waals surface area contributed by atoms with Gasteiger partial charge in [-0.05, 0) is 47.4 Å². The molecule has 2 nitrogen and oxygen atoms in total. The summed E-state index contributed by atoms with van der Waals surface area (Å²) in [4.78, 5) is 0. The zero-order valence-corrected chi connectivity index (χ0v) is 11.9. The second-order valence-electron chi connectivity index (χ2n) is 5.56. The minimum Gasteiger partial charge on any atom is -0.383 e. The summed E-state index contributed by atoms with van der Waals surface area (Å²) in [6.45, 7) is 1.06. The molecule has 1 heterocycles. The van der Waals surface area contributed by atoms with Crippen LogP contribution in [0.1, 0.15) is 12.0 Å². The smallest absolute Gasteiger partial charge is 0.0622 e. The van der Waals surface area contributed by atoms with Crippen molar-refractivity contribution in [1.82, 2.24) is 0 Å². The Morgan fingerprint density at radius 3 is 2.71 bits per heavy atom. The number of aryl methyl sites for hydroxylation is 1. The molecule has 1 aliphatic rings. The predicted octanol–water partition coefficient (Wildman–Crippen LogP) is 4.94. The van der Waals surface area contributed by atoms with Gasteiger partial charge in [0.15, 0.2) is 0 Å². The Bertz CT molecular complexity index is 792. The second kappa shape index (κ2) is 5.13. The van der Waals surface area contributed by atoms with Crippen molar-refractivity contribution in [3.8, 4) is 0 Å². The van der Waals surface area contributed by atoms with E-state index in [1.807, 2.05) is 0 Å². The lowest BCUT2D eigenvalue weighted by atomic mass is 10.0. The van der Waals surface area contributed by atoms with Crippen LogP contribution in [0.4, 0.5) is 17.1 Å². The molecule has 0 spiro atoms. The lowest BCUT2D eigenvalue weighted by Crippen LogP contribution is -2.13. The maximum Gasteiger partial charge on any atom is 0.0622 e. The number of nitrogens with one attached hydrogen (secondary N) is 2. The van der Waals surface area contributed by atoms with Crippen molar-refractivity contribution in [1.29, 1.82) is 0 Å². The topological polar surface area (TPSA) is 24.1 Å². The van der Waals surface area contributed by atoms with Crippen molar-refractivity contribution in [3.63, 3.8) is 0 Å². The average Bonchev–Trinajstić information content (AvgIpc) is 2.55. The third-order valence-corrected chi connectivity index (χ3v) is 4.10. The molecule has 104 valence electrons. The summed E-state index contributed by atoms with van der Waals surface area (Å²) in [5, 5.41) is 9.63. The van der Waals surface area contributed by atoms with Crippen LogP contribution in [0, 0.1) is 0 Å². The van der Waals surface area contributed by atoms with E-state index in [1.165, 1.54) is 34.1 Å². The van der Waals surface area contributed by atoms with Crippen LogP contribution in [0.15, 0.2) is 60.7 Å². The highest BCUT2D eigenvalue weighted by atomic mass is 15.0. The van der Waals surface area contributed by atoms with Crippen LogP contribution in [0.5, 0.6) is 0 Å². The molecule has 0 aliphatic carbocycles. The molecule has 2 N–H and O–H groups in total. The van der Waals surface area contributed by atoms with Gasteiger partial charge in [0.25, 0.3) is 0 Å². The predicted molar refractivity (Wildman–Crippen MR) is 90.5 cm³/mol. The molecule has 0 aromatic heterocycles. The first kappa shape index (κ1) is 12.3. The molecule has 3 aromatic carbocycles. The van der Waals surface area contributed by atoms with E-state index in [0.717, 1.165) is 18.7 Å². The van der Waals surface area contributed by atoms with E-state index in [4.69, 9.17) is 0 Å². The molecule has 0 saturated heterocycles. The highest BCUT2D eigenvalue weighted by Gasteiger charge is 2.12. The molecule has 1 aliphatic heterocycles. The number of hydrogen-bond donors (Lipinski definition) is 2. The molecule has 0 amide bonds. The van der Waals surface area contributed by atoms with Gasteiger partial charge in [-0.1, -0.05) is 42.5 Å². The molecule has 4 rings (SSSR count). The summed E-state index contributed by atoms with van der Waals surface area (Å²) in [7, 11) is 0. The van der Waals surface area contributed by atoms with Crippen LogP contribution in [0.3, 0.4) is 0 Å². The fourth-order valence-electron chi connectivity index (χ4n) is 3.04. The fourth-order valence-corrected chi connectivity index (χ4v) is 3.04. The minimum absolute atomic E-state index is 1.06. The zero-order valence-electron chi connectivity index (χ0n) is 11.9. The van der Waals surface area contributed by atoms with Crippen molar-refractivity contribution in [2.24, 2.45) is 0 Å². The van der Waals surface area contributed by atoms with E-state index >= 15 is 0 Å². The fraction of sp³-hybridized carbons (Fsp3) is 0.158. The summed E-state index contributed by atoms with van der Waals surface area (Å²) < 4.78 is 0. The van der Waals surface area contributed by atoms with Crippen molar-refractivity contribution in [2.45, 2.75) is 12.8 Å². The van der Waals surface area contributed by atoms with Gasteiger partial charge in [-0.25, -0.2) is 0 Å². The molecule has 0 unspecified atom stereocenters. The van der Waals surface area contributed by atoms with Gasteiger partial charge in [0.1, 0.15) is 0 Å². The van der Waals surface area contributed by atoms with Crippen molar-refractivity contribution in [2.75, 3.05) is 17.2 Å². The second-order valence-corrected chi connectivity index (χ2v) is 5.56. The van der Waals surface area contributed by atoms with Crippen LogP contribution in [-0.4, -0.2) is 6.54 Å². The van der Waals surface area contributed by atoms with Gasteiger partial charge in [0, 0.05) is 12.2 Å². The summed E-state index contributed by atoms with van der Waals surface area (Å²) in [5.41, 5.74) is 4.97. The van der Waals surface area contributed by atoms with Gasteiger partial charge in [0.05, 0.1) is 11.4 Å². The summed E-state index contributed by atoms with van der Waals surface area (Å²) in [6, 6.07) is 21.5. The molecule has 3 aromatic rings. The Kier molecular flexibility index (Phi) is 3.00. The quantitative estimate of drug-likeness (QED) is 0.691. The maximum absolute atomic E-state index is 3.56. The third-order valence-electron chi connectivity index (χ3n) is 4.10. The first-order valence-corrected chi connectivity index (χ1v) is 7.52. The van der Waals surface area contributed by atoms with E-state index in [0.29, 0.717) is 0 Å². The largest absolute Gasteiger partial charge is 0.383 e. The molecule has 0 bridgehead atoms. The van der Waals surface area contributed by atoms with Crippen LogP contribution >= 0.6 is 0 Å². The monoisotopic (exact) mass is 274 g/mol. The van der Waals surface area contributed by atoms with Crippen molar-refractivity contribution in [3.05, 3.63) is 66.2 Å². The Balaban J connectivity index is 1.71. The maximum atomic E-state index is 3.56. The summed E-state index contributed by atoms with van der Waals surface area (Å²) in [6.07, 6.45) is 2.38. The van der Waals surface area contributed by atoms with Gasteiger partial charge in [-0.2, -0.15) is 0 Å². The van der Waals surface area contributed by atoms with Crippen LogP contribution < -0.4 is 10.6 Å². The van der Waals surface area contributed by atoms with E-state index < -0.39 is 0 Å². The van der Waals surface area contributed by atoms with Gasteiger partial charge in [-0.3, -0.25) is 0 Å². The van der Waals surface area contributed by atoms with E-state index in [1.54, 1.807) is 0 Å². The van der Waals surface area contributed by atoms with Gasteiger partial charge >= 0.3 is 0 Å². The Hall–Kier alpha value is -2.48. The highest BCUT2D eigenvalue weighted by molar-refractivity contribution is 5.87. The standard InChI is InChI=1S/C19H18N2/c1-2-6-16-13-17(11-10-14(16)5-1)21-18-9-3-7-15-8-4-12-20-19(15)18/h1-3,5-7,9-11,13,20-21H,4,8,12H2. The molecule has 0 fully saturated rings. The summed E-state index contributed by atoms with van der Waals surface area (Å²) in [5.74, 6) is 0. The first-order valence-electron chi connectivity index (χ1n) is 7.52. The minimum atomic E-state index is 1.06. The summed E-state index contributed by atoms with van der Waals surface area (Å²) >= 11 is 0. The molecule has 2 heteroatoms. The normalized spacial score (nSPS) is 13.5. The number of benzene rings is 3. The number of fused-ring (bicyclic) bond motifs is 2. The van der Waals surface area contributed by atoms with Crippen LogP contribution in [-0.2, 0) is 6.42 Å². The number of anilines is 3. The van der Waals surface area contributed by atoms with Crippen LogP contribution in [0.25, 0.3) is 10.8 Å². The number of hydrogen-bond acceptors (Lipinski definition) is 2. The molecular weight excluding hydrogens is 256 g/mol. The number of para-hydroxylation sites is 1. The van der Waals surface area contributed by atoms with Gasteiger partial charge in [0.2, 0.25) is 0 Å². The lowest BCUT2D eigenvalue weighted by molar-refractivity contribution is 0.831. The van der Waals surface area contributed by atoms with Crippen molar-refractivity contribution < 1.29 is 0 Å². The third kappa shape index (κ3) is 2.33. The molecule has 0 atom stereocenters.